The molecule has 1 aromatic rings. The lowest BCUT2D eigenvalue weighted by Crippen LogP contribution is -2.39. The van der Waals surface area contributed by atoms with Crippen molar-refractivity contribution in [3.8, 4) is 0 Å². The van der Waals surface area contributed by atoms with Gasteiger partial charge in [0.15, 0.2) is 0 Å². The molecule has 172 valence electrons. The summed E-state index contributed by atoms with van der Waals surface area (Å²) in [6.45, 7) is 7.70. The molecule has 31 heavy (non-hydrogen) atoms. The molecule has 2 saturated carbocycles. The molecule has 5 heteroatoms. The molecule has 0 aromatic carbocycles. The number of carbonyl (C=O) groups is 1. The summed E-state index contributed by atoms with van der Waals surface area (Å²) in [6, 6.07) is 0.361. The van der Waals surface area contributed by atoms with Crippen molar-refractivity contribution < 1.29 is 4.79 Å². The van der Waals surface area contributed by atoms with E-state index in [2.05, 4.69) is 24.1 Å². The van der Waals surface area contributed by atoms with Crippen molar-refractivity contribution in [3.63, 3.8) is 0 Å². The van der Waals surface area contributed by atoms with E-state index in [9.17, 15) is 4.79 Å². The van der Waals surface area contributed by atoms with Gasteiger partial charge in [-0.15, -0.1) is 0 Å². The van der Waals surface area contributed by atoms with E-state index in [4.69, 9.17) is 9.97 Å². The van der Waals surface area contributed by atoms with Gasteiger partial charge in [-0.05, 0) is 64.8 Å². The highest BCUT2D eigenvalue weighted by Crippen LogP contribution is 2.29. The van der Waals surface area contributed by atoms with Crippen molar-refractivity contribution in [1.82, 2.24) is 20.2 Å². The first kappa shape index (κ1) is 22.7. The second kappa shape index (κ2) is 10.9. The first-order valence-electron chi connectivity index (χ1n) is 12.9. The van der Waals surface area contributed by atoms with Crippen LogP contribution in [-0.2, 0) is 11.2 Å². The second-order valence-corrected chi connectivity index (χ2v) is 10.4. The molecule has 3 aliphatic rings. The Morgan fingerprint density at radius 2 is 1.55 bits per heavy atom. The highest BCUT2D eigenvalue weighted by atomic mass is 16.1. The first-order valence-corrected chi connectivity index (χ1v) is 12.9. The predicted molar refractivity (Wildman–Crippen MR) is 125 cm³/mol. The summed E-state index contributed by atoms with van der Waals surface area (Å²) in [5.41, 5.74) is 3.00. The van der Waals surface area contributed by atoms with Gasteiger partial charge in [-0.3, -0.25) is 4.79 Å². The van der Waals surface area contributed by atoms with Gasteiger partial charge < -0.3 is 10.2 Å². The van der Waals surface area contributed by atoms with Crippen molar-refractivity contribution in [1.29, 1.82) is 0 Å². The predicted octanol–water partition coefficient (Wildman–Crippen LogP) is 4.84. The van der Waals surface area contributed by atoms with Crippen LogP contribution in [0.15, 0.2) is 0 Å². The van der Waals surface area contributed by atoms with Gasteiger partial charge in [-0.25, -0.2) is 9.97 Å². The van der Waals surface area contributed by atoms with Crippen molar-refractivity contribution in [2.45, 2.75) is 109 Å². The maximum absolute atomic E-state index is 12.6. The number of rotatable bonds is 6. The fraction of sp³-hybridized carbons (Fsp3) is 0.808. The summed E-state index contributed by atoms with van der Waals surface area (Å²) >= 11 is 0. The number of piperidine rings is 1. The lowest BCUT2D eigenvalue weighted by Gasteiger charge is -2.35. The van der Waals surface area contributed by atoms with E-state index in [1.807, 2.05) is 0 Å². The molecule has 0 spiro atoms. The molecule has 5 nitrogen and oxygen atoms in total. The first-order chi connectivity index (χ1) is 15.1. The Balaban J connectivity index is 1.36. The minimum Gasteiger partial charge on any atom is -0.353 e. The summed E-state index contributed by atoms with van der Waals surface area (Å²) in [5, 5.41) is 3.24. The molecule has 1 aromatic heterocycles. The zero-order valence-electron chi connectivity index (χ0n) is 19.8. The van der Waals surface area contributed by atoms with Crippen LogP contribution in [0.1, 0.15) is 106 Å². The zero-order valence-corrected chi connectivity index (χ0v) is 19.8. The largest absolute Gasteiger partial charge is 0.353 e. The van der Waals surface area contributed by atoms with Crippen molar-refractivity contribution in [2.75, 3.05) is 19.6 Å². The molecule has 1 amide bonds. The monoisotopic (exact) mass is 426 g/mol. The third-order valence-electron chi connectivity index (χ3n) is 7.86. The fourth-order valence-electron chi connectivity index (χ4n) is 6.06. The van der Waals surface area contributed by atoms with Gasteiger partial charge in [0.25, 0.3) is 0 Å². The van der Waals surface area contributed by atoms with Crippen LogP contribution in [0.25, 0.3) is 0 Å². The van der Waals surface area contributed by atoms with E-state index in [1.54, 1.807) is 0 Å². The summed E-state index contributed by atoms with van der Waals surface area (Å²) in [6.07, 6.45) is 15.9. The standard InChI is InChI=1S/C26H42N4O/c1-19-24(16-25(31)29-23-13-7-4-8-14-23)20(2)28-26(27-19)22-12-9-15-30(18-22)17-21-10-5-3-6-11-21/h21-23H,3-18H2,1-2H3,(H,29,31). The zero-order chi connectivity index (χ0) is 21.6. The minimum absolute atomic E-state index is 0.130. The molecule has 0 radical (unpaired) electrons. The van der Waals surface area contributed by atoms with E-state index in [0.717, 1.165) is 48.1 Å². The molecule has 1 N–H and O–H groups in total. The fourth-order valence-corrected chi connectivity index (χ4v) is 6.06. The average molecular weight is 427 g/mol. The Kier molecular flexibility index (Phi) is 7.97. The Bertz CT molecular complexity index is 714. The number of aromatic nitrogens is 2. The second-order valence-electron chi connectivity index (χ2n) is 10.4. The van der Waals surface area contributed by atoms with Gasteiger partial charge in [0.1, 0.15) is 5.82 Å². The lowest BCUT2D eigenvalue weighted by atomic mass is 9.87. The molecule has 1 atom stereocenters. The van der Waals surface area contributed by atoms with Crippen LogP contribution in [0.5, 0.6) is 0 Å². The molecule has 2 heterocycles. The molecule has 3 fully saturated rings. The number of amides is 1. The SMILES string of the molecule is Cc1nc(C2CCCN(CC3CCCCC3)C2)nc(C)c1CC(=O)NC1CCCCC1. The molecule has 1 unspecified atom stereocenters. The number of likely N-dealkylation sites (tertiary alicyclic amines) is 1. The number of aryl methyl sites for hydroxylation is 2. The minimum atomic E-state index is 0.130. The van der Waals surface area contributed by atoms with E-state index < -0.39 is 0 Å². The number of hydrogen-bond donors (Lipinski definition) is 1. The maximum atomic E-state index is 12.6. The van der Waals surface area contributed by atoms with E-state index in [-0.39, 0.29) is 5.91 Å². The summed E-state index contributed by atoms with van der Waals surface area (Å²) in [5.74, 6) is 2.45. The molecule has 2 aliphatic carbocycles. The third-order valence-corrected chi connectivity index (χ3v) is 7.86. The van der Waals surface area contributed by atoms with Gasteiger partial charge in [0, 0.05) is 42.0 Å². The van der Waals surface area contributed by atoms with Crippen LogP contribution in [0.3, 0.4) is 0 Å². The van der Waals surface area contributed by atoms with Gasteiger partial charge in [0.05, 0.1) is 6.42 Å². The Hall–Kier alpha value is -1.49. The van der Waals surface area contributed by atoms with Gasteiger partial charge in [-0.1, -0.05) is 38.5 Å². The van der Waals surface area contributed by atoms with Gasteiger partial charge >= 0.3 is 0 Å². The van der Waals surface area contributed by atoms with Crippen LogP contribution >= 0.6 is 0 Å². The highest BCUT2D eigenvalue weighted by Gasteiger charge is 2.27. The normalized spacial score (nSPS) is 24.3. The Morgan fingerprint density at radius 3 is 2.23 bits per heavy atom. The number of nitrogens with zero attached hydrogens (tertiary/aromatic N) is 3. The van der Waals surface area contributed by atoms with Crippen molar-refractivity contribution in [3.05, 3.63) is 22.8 Å². The molecule has 1 aliphatic heterocycles. The van der Waals surface area contributed by atoms with E-state index in [1.165, 1.54) is 77.3 Å². The highest BCUT2D eigenvalue weighted by molar-refractivity contribution is 5.79. The van der Waals surface area contributed by atoms with Crippen LogP contribution in [-0.4, -0.2) is 46.5 Å². The quantitative estimate of drug-likeness (QED) is 0.707. The molecule has 0 bridgehead atoms. The van der Waals surface area contributed by atoms with Gasteiger partial charge in [0.2, 0.25) is 5.91 Å². The average Bonchev–Trinajstić information content (AvgIpc) is 2.78. The van der Waals surface area contributed by atoms with Crippen molar-refractivity contribution >= 4 is 5.91 Å². The maximum Gasteiger partial charge on any atom is 0.224 e. The van der Waals surface area contributed by atoms with Crippen LogP contribution < -0.4 is 5.32 Å². The third kappa shape index (κ3) is 6.27. The molecule has 4 rings (SSSR count). The summed E-state index contributed by atoms with van der Waals surface area (Å²) in [7, 11) is 0. The smallest absolute Gasteiger partial charge is 0.224 e. The number of hydrogen-bond acceptors (Lipinski definition) is 4. The lowest BCUT2D eigenvalue weighted by molar-refractivity contribution is -0.121. The Labute approximate surface area is 188 Å². The summed E-state index contributed by atoms with van der Waals surface area (Å²) in [4.78, 5) is 25.1. The van der Waals surface area contributed by atoms with Crippen molar-refractivity contribution in [2.24, 2.45) is 5.92 Å². The number of carbonyl (C=O) groups excluding carboxylic acids is 1. The Morgan fingerprint density at radius 1 is 0.903 bits per heavy atom. The molecular weight excluding hydrogens is 384 g/mol. The number of nitrogens with one attached hydrogen (secondary N) is 1. The van der Waals surface area contributed by atoms with Crippen LogP contribution in [0.2, 0.25) is 0 Å². The van der Waals surface area contributed by atoms with E-state index in [0.29, 0.717) is 18.4 Å². The molecule has 1 saturated heterocycles. The van der Waals surface area contributed by atoms with E-state index >= 15 is 0 Å². The topological polar surface area (TPSA) is 58.1 Å². The van der Waals surface area contributed by atoms with Crippen LogP contribution in [0.4, 0.5) is 0 Å². The summed E-state index contributed by atoms with van der Waals surface area (Å²) < 4.78 is 0. The van der Waals surface area contributed by atoms with Gasteiger partial charge in [-0.2, -0.15) is 0 Å². The molecular formula is C26H42N4O. The van der Waals surface area contributed by atoms with Crippen LogP contribution in [0, 0.1) is 19.8 Å².